The van der Waals surface area contributed by atoms with Crippen molar-refractivity contribution in [2.75, 3.05) is 5.32 Å². The van der Waals surface area contributed by atoms with Gasteiger partial charge in [-0.1, -0.05) is 16.8 Å². The second-order valence-corrected chi connectivity index (χ2v) is 4.35. The van der Waals surface area contributed by atoms with Crippen LogP contribution in [0.1, 0.15) is 21.7 Å². The van der Waals surface area contributed by atoms with Gasteiger partial charge in [0.15, 0.2) is 0 Å². The highest BCUT2D eigenvalue weighted by Gasteiger charge is 2.33. The zero-order valence-electron chi connectivity index (χ0n) is 10.1. The van der Waals surface area contributed by atoms with Crippen LogP contribution in [0.3, 0.4) is 0 Å². The molecule has 0 bridgehead atoms. The van der Waals surface area contributed by atoms with Gasteiger partial charge in [-0.25, -0.2) is 0 Å². The van der Waals surface area contributed by atoms with Crippen LogP contribution in [0.15, 0.2) is 28.9 Å². The zero-order chi connectivity index (χ0) is 14.9. The highest BCUT2D eigenvalue weighted by atomic mass is 35.5. The van der Waals surface area contributed by atoms with E-state index in [9.17, 15) is 18.0 Å². The summed E-state index contributed by atoms with van der Waals surface area (Å²) < 4.78 is 42.3. The lowest BCUT2D eigenvalue weighted by Crippen LogP contribution is -2.13. The third-order valence-electron chi connectivity index (χ3n) is 2.53. The largest absolute Gasteiger partial charge is 0.417 e. The topological polar surface area (TPSA) is 55.1 Å². The highest BCUT2D eigenvalue weighted by Crippen LogP contribution is 2.35. The smallest absolute Gasteiger partial charge is 0.361 e. The van der Waals surface area contributed by atoms with Crippen LogP contribution >= 0.6 is 11.6 Å². The lowest BCUT2D eigenvalue weighted by molar-refractivity contribution is -0.137. The summed E-state index contributed by atoms with van der Waals surface area (Å²) in [5, 5.41) is 5.36. The summed E-state index contributed by atoms with van der Waals surface area (Å²) in [5.74, 6) is -0.236. The summed E-state index contributed by atoms with van der Waals surface area (Å²) in [4.78, 5) is 11.8. The minimum Gasteiger partial charge on any atom is -0.361 e. The van der Waals surface area contributed by atoms with Gasteiger partial charge in [-0.2, -0.15) is 13.2 Å². The first kappa shape index (κ1) is 14.4. The van der Waals surface area contributed by atoms with E-state index in [4.69, 9.17) is 16.1 Å². The molecule has 2 aromatic rings. The summed E-state index contributed by atoms with van der Waals surface area (Å²) >= 11 is 5.55. The van der Waals surface area contributed by atoms with Gasteiger partial charge >= 0.3 is 6.18 Å². The Labute approximate surface area is 116 Å². The van der Waals surface area contributed by atoms with Crippen molar-refractivity contribution in [3.05, 3.63) is 46.3 Å². The van der Waals surface area contributed by atoms with Crippen molar-refractivity contribution in [1.82, 2.24) is 5.16 Å². The third-order valence-corrected chi connectivity index (χ3v) is 2.84. The number of nitrogens with one attached hydrogen (secondary N) is 1. The van der Waals surface area contributed by atoms with Crippen molar-refractivity contribution in [3.8, 4) is 0 Å². The molecule has 0 unspecified atom stereocenters. The first-order valence-electron chi connectivity index (χ1n) is 5.38. The lowest BCUT2D eigenvalue weighted by Gasteiger charge is -2.10. The normalized spacial score (nSPS) is 11.4. The van der Waals surface area contributed by atoms with E-state index in [0.29, 0.717) is 5.76 Å². The molecule has 1 amide bonds. The van der Waals surface area contributed by atoms with Gasteiger partial charge in [-0.05, 0) is 25.1 Å². The van der Waals surface area contributed by atoms with Gasteiger partial charge in [0.2, 0.25) is 0 Å². The van der Waals surface area contributed by atoms with Crippen LogP contribution in [-0.2, 0) is 6.18 Å². The highest BCUT2D eigenvalue weighted by molar-refractivity contribution is 6.31. The number of alkyl halides is 3. The van der Waals surface area contributed by atoms with Crippen LogP contribution in [0.25, 0.3) is 0 Å². The molecule has 0 aliphatic heterocycles. The minimum atomic E-state index is -4.54. The van der Waals surface area contributed by atoms with Crippen LogP contribution in [0.5, 0.6) is 0 Å². The van der Waals surface area contributed by atoms with Gasteiger partial charge in [0.25, 0.3) is 5.91 Å². The van der Waals surface area contributed by atoms with E-state index in [0.717, 1.165) is 18.2 Å². The van der Waals surface area contributed by atoms with Crippen LogP contribution in [0, 0.1) is 6.92 Å². The number of anilines is 1. The Morgan fingerprint density at radius 2 is 2.10 bits per heavy atom. The Morgan fingerprint density at radius 3 is 2.60 bits per heavy atom. The maximum Gasteiger partial charge on any atom is 0.417 e. The number of carbonyl (C=O) groups excluding carboxylic acids is 1. The number of benzene rings is 1. The quantitative estimate of drug-likeness (QED) is 0.915. The van der Waals surface area contributed by atoms with E-state index in [2.05, 4.69) is 10.5 Å². The first-order chi connectivity index (χ1) is 9.29. The van der Waals surface area contributed by atoms with Gasteiger partial charge < -0.3 is 9.84 Å². The van der Waals surface area contributed by atoms with Crippen molar-refractivity contribution >= 4 is 23.2 Å². The average molecular weight is 305 g/mol. The molecule has 1 N–H and O–H groups in total. The molecule has 2 rings (SSSR count). The number of amides is 1. The number of aromatic nitrogens is 1. The fraction of sp³-hybridized carbons (Fsp3) is 0.167. The monoisotopic (exact) mass is 304 g/mol. The molecule has 1 aromatic heterocycles. The molecule has 0 fully saturated rings. The predicted molar refractivity (Wildman–Crippen MR) is 65.6 cm³/mol. The molecule has 1 heterocycles. The molecule has 0 saturated carbocycles. The summed E-state index contributed by atoms with van der Waals surface area (Å²) in [5.41, 5.74) is -0.618. The molecule has 0 radical (unpaired) electrons. The third kappa shape index (κ3) is 2.93. The molecule has 8 heteroatoms. The van der Waals surface area contributed by atoms with Gasteiger partial charge in [0.1, 0.15) is 11.3 Å². The first-order valence-corrected chi connectivity index (χ1v) is 5.76. The van der Waals surface area contributed by atoms with Crippen molar-refractivity contribution < 1.29 is 22.5 Å². The molecule has 4 nitrogen and oxygen atoms in total. The fourth-order valence-corrected chi connectivity index (χ4v) is 1.83. The molecule has 20 heavy (non-hydrogen) atoms. The average Bonchev–Trinajstić information content (AvgIpc) is 2.73. The number of nitrogens with zero attached hydrogens (tertiary/aromatic N) is 1. The number of aryl methyl sites for hydroxylation is 1. The standard InChI is InChI=1S/C12H8ClF3N2O2/c1-6-8(5-17-20-6)11(19)18-7-2-3-9(10(13)4-7)12(14,15)16/h2-5H,1H3,(H,18,19). The number of hydrogen-bond donors (Lipinski definition) is 1. The van der Waals surface area contributed by atoms with E-state index >= 15 is 0 Å². The maximum atomic E-state index is 12.5. The molecule has 0 atom stereocenters. The zero-order valence-corrected chi connectivity index (χ0v) is 10.8. The molecule has 0 aliphatic carbocycles. The molecule has 0 aliphatic rings. The maximum absolute atomic E-state index is 12.5. The second-order valence-electron chi connectivity index (χ2n) is 3.94. The number of rotatable bonds is 2. The van der Waals surface area contributed by atoms with Crippen molar-refractivity contribution in [2.24, 2.45) is 0 Å². The van der Waals surface area contributed by atoms with Gasteiger partial charge in [0.05, 0.1) is 16.8 Å². The summed E-state index contributed by atoms with van der Waals surface area (Å²) in [6.45, 7) is 1.54. The van der Waals surface area contributed by atoms with Crippen molar-refractivity contribution in [1.29, 1.82) is 0 Å². The fourth-order valence-electron chi connectivity index (χ4n) is 1.54. The van der Waals surface area contributed by atoms with E-state index in [-0.39, 0.29) is 11.3 Å². The van der Waals surface area contributed by atoms with Crippen LogP contribution in [-0.4, -0.2) is 11.1 Å². The lowest BCUT2D eigenvalue weighted by atomic mass is 10.2. The Balaban J connectivity index is 2.22. The SMILES string of the molecule is Cc1oncc1C(=O)Nc1ccc(C(F)(F)F)c(Cl)c1. The van der Waals surface area contributed by atoms with E-state index in [1.807, 2.05) is 0 Å². The number of halogens is 4. The van der Waals surface area contributed by atoms with E-state index in [1.165, 1.54) is 6.20 Å². The molecule has 1 aromatic carbocycles. The van der Waals surface area contributed by atoms with Crippen LogP contribution < -0.4 is 5.32 Å². The van der Waals surface area contributed by atoms with Crippen LogP contribution in [0.4, 0.5) is 18.9 Å². The van der Waals surface area contributed by atoms with E-state index in [1.54, 1.807) is 6.92 Å². The van der Waals surface area contributed by atoms with Crippen molar-refractivity contribution in [2.45, 2.75) is 13.1 Å². The van der Waals surface area contributed by atoms with Gasteiger partial charge in [0, 0.05) is 5.69 Å². The van der Waals surface area contributed by atoms with Crippen LogP contribution in [0.2, 0.25) is 5.02 Å². The van der Waals surface area contributed by atoms with Gasteiger partial charge in [-0.3, -0.25) is 4.79 Å². The number of hydrogen-bond acceptors (Lipinski definition) is 3. The molecular formula is C12H8ClF3N2O2. The second kappa shape index (κ2) is 5.16. The Kier molecular flexibility index (Phi) is 3.71. The number of carbonyl (C=O) groups is 1. The molecular weight excluding hydrogens is 297 g/mol. The van der Waals surface area contributed by atoms with Gasteiger partial charge in [-0.15, -0.1) is 0 Å². The van der Waals surface area contributed by atoms with E-state index < -0.39 is 22.7 Å². The Morgan fingerprint density at radius 1 is 1.40 bits per heavy atom. The molecule has 106 valence electrons. The molecule has 0 saturated heterocycles. The summed E-state index contributed by atoms with van der Waals surface area (Å²) in [6, 6.07) is 2.96. The minimum absolute atomic E-state index is 0.147. The summed E-state index contributed by atoms with van der Waals surface area (Å²) in [6.07, 6.45) is -3.32. The van der Waals surface area contributed by atoms with Crippen molar-refractivity contribution in [3.63, 3.8) is 0 Å². The Hall–Kier alpha value is -2.02. The molecule has 0 spiro atoms. The Bertz CT molecular complexity index is 652. The predicted octanol–water partition coefficient (Wildman–Crippen LogP) is 3.91. The summed E-state index contributed by atoms with van der Waals surface area (Å²) in [7, 11) is 0.